The van der Waals surface area contributed by atoms with Crippen LogP contribution in [-0.4, -0.2) is 134 Å². The molecular weight excluding hydrogens is 658 g/mol. The van der Waals surface area contributed by atoms with Crippen molar-refractivity contribution in [1.29, 1.82) is 0 Å². The lowest BCUT2D eigenvalue weighted by Crippen LogP contribution is -2.55. The standard InChI is InChI=1S/C37H59N5O9/c1-10-24(4)33(41(7)31(45)21-38-36(47)32(23(2)3)40(6)22-43)29(50-8)20-30(44)42-18-14-17-28(42)34(51-9)25(5)35(46)39-27(37(48)49)19-26-15-12-11-13-16-26/h11-13,15-16,22-25,27-29,32-34H,10,14,17-21H2,1-9H3,(H,38,47)(H,39,46)(H,48,49). The Labute approximate surface area is 302 Å². The molecule has 1 saturated heterocycles. The van der Waals surface area contributed by atoms with Gasteiger partial charge in [-0.05, 0) is 30.2 Å². The number of amides is 5. The van der Waals surface area contributed by atoms with Gasteiger partial charge in [0.1, 0.15) is 12.1 Å². The minimum absolute atomic E-state index is 0.0410. The van der Waals surface area contributed by atoms with Crippen LogP contribution in [0.25, 0.3) is 0 Å². The number of likely N-dealkylation sites (tertiary alicyclic amines) is 1. The summed E-state index contributed by atoms with van der Waals surface area (Å²) in [6.45, 7) is 9.40. The van der Waals surface area contributed by atoms with E-state index in [2.05, 4.69) is 10.6 Å². The minimum Gasteiger partial charge on any atom is -0.480 e. The lowest BCUT2D eigenvalue weighted by atomic mass is 9.90. The van der Waals surface area contributed by atoms with Crippen molar-refractivity contribution in [3.63, 3.8) is 0 Å². The van der Waals surface area contributed by atoms with Crippen molar-refractivity contribution < 1.29 is 43.3 Å². The zero-order chi connectivity index (χ0) is 38.4. The number of benzene rings is 1. The molecule has 1 fully saturated rings. The highest BCUT2D eigenvalue weighted by Gasteiger charge is 2.42. The lowest BCUT2D eigenvalue weighted by Gasteiger charge is -2.39. The van der Waals surface area contributed by atoms with Crippen LogP contribution in [0.2, 0.25) is 0 Å². The summed E-state index contributed by atoms with van der Waals surface area (Å²) in [4.78, 5) is 81.5. The van der Waals surface area contributed by atoms with Gasteiger partial charge in [0.2, 0.25) is 30.0 Å². The largest absolute Gasteiger partial charge is 0.480 e. The Morgan fingerprint density at radius 2 is 1.67 bits per heavy atom. The van der Waals surface area contributed by atoms with Gasteiger partial charge in [0.05, 0.1) is 43.2 Å². The van der Waals surface area contributed by atoms with Crippen molar-refractivity contribution in [2.24, 2.45) is 17.8 Å². The second kappa shape index (κ2) is 20.7. The molecule has 3 N–H and O–H groups in total. The minimum atomic E-state index is -1.15. The van der Waals surface area contributed by atoms with Gasteiger partial charge in [0.25, 0.3) is 0 Å². The average Bonchev–Trinajstić information content (AvgIpc) is 3.59. The highest BCUT2D eigenvalue weighted by atomic mass is 16.5. The summed E-state index contributed by atoms with van der Waals surface area (Å²) < 4.78 is 11.7. The van der Waals surface area contributed by atoms with Crippen LogP contribution >= 0.6 is 0 Å². The van der Waals surface area contributed by atoms with Crippen LogP contribution in [0, 0.1) is 17.8 Å². The quantitative estimate of drug-likeness (QED) is 0.161. The Balaban J connectivity index is 2.18. The van der Waals surface area contributed by atoms with Crippen LogP contribution in [0.3, 0.4) is 0 Å². The first kappa shape index (κ1) is 43.1. The number of ether oxygens (including phenoxy) is 2. The summed E-state index contributed by atoms with van der Waals surface area (Å²) >= 11 is 0. The van der Waals surface area contributed by atoms with Crippen molar-refractivity contribution in [2.75, 3.05) is 41.4 Å². The van der Waals surface area contributed by atoms with Crippen LogP contribution in [0.5, 0.6) is 0 Å². The molecule has 0 aliphatic carbocycles. The molecule has 0 saturated carbocycles. The fourth-order valence-corrected chi connectivity index (χ4v) is 7.09. The highest BCUT2D eigenvalue weighted by molar-refractivity contribution is 5.89. The molecule has 1 heterocycles. The second-order valence-corrected chi connectivity index (χ2v) is 13.9. The van der Waals surface area contributed by atoms with Crippen molar-refractivity contribution in [1.82, 2.24) is 25.3 Å². The molecule has 0 bridgehead atoms. The zero-order valence-corrected chi connectivity index (χ0v) is 31.7. The number of aliphatic carboxylic acids is 1. The molecule has 1 aliphatic heterocycles. The summed E-state index contributed by atoms with van der Waals surface area (Å²) in [5.41, 5.74) is 0.774. The third-order valence-electron chi connectivity index (χ3n) is 10.1. The SMILES string of the molecule is CCC(C)C(C(CC(=O)N1CCCC1C(OC)C(C)C(=O)NC(Cc1ccccc1)C(=O)O)OC)N(C)C(=O)CNC(=O)C(C(C)C)N(C)C=O. The summed E-state index contributed by atoms with van der Waals surface area (Å²) in [5.74, 6) is -3.67. The molecule has 2 rings (SSSR count). The molecule has 286 valence electrons. The lowest BCUT2D eigenvalue weighted by molar-refractivity contribution is -0.147. The zero-order valence-electron chi connectivity index (χ0n) is 31.7. The molecule has 14 heteroatoms. The molecular formula is C37H59N5O9. The van der Waals surface area contributed by atoms with Crippen LogP contribution in [0.4, 0.5) is 0 Å². The third kappa shape index (κ3) is 11.7. The van der Waals surface area contributed by atoms with Crippen LogP contribution in [-0.2, 0) is 44.7 Å². The highest BCUT2D eigenvalue weighted by Crippen LogP contribution is 2.29. The summed E-state index contributed by atoms with van der Waals surface area (Å²) in [5, 5.41) is 15.1. The van der Waals surface area contributed by atoms with Gasteiger partial charge in [-0.25, -0.2) is 4.79 Å². The molecule has 0 aromatic heterocycles. The Kier molecular flexibility index (Phi) is 17.5. The first-order chi connectivity index (χ1) is 24.1. The van der Waals surface area contributed by atoms with Crippen molar-refractivity contribution in [3.05, 3.63) is 35.9 Å². The Morgan fingerprint density at radius 3 is 2.20 bits per heavy atom. The monoisotopic (exact) mass is 717 g/mol. The van der Waals surface area contributed by atoms with Crippen molar-refractivity contribution >= 4 is 36.0 Å². The van der Waals surface area contributed by atoms with E-state index in [1.165, 1.54) is 31.1 Å². The smallest absolute Gasteiger partial charge is 0.326 e. The van der Waals surface area contributed by atoms with E-state index < -0.39 is 60.1 Å². The van der Waals surface area contributed by atoms with E-state index in [0.717, 1.165) is 5.56 Å². The number of nitrogens with zero attached hydrogens (tertiary/aromatic N) is 3. The summed E-state index contributed by atoms with van der Waals surface area (Å²) in [6, 6.07) is 6.23. The number of carbonyl (C=O) groups is 6. The molecule has 0 radical (unpaired) electrons. The van der Waals surface area contributed by atoms with E-state index in [1.54, 1.807) is 43.1 Å². The predicted molar refractivity (Wildman–Crippen MR) is 191 cm³/mol. The number of carboxylic acid groups (broad SMARTS) is 1. The molecule has 0 spiro atoms. The van der Waals surface area contributed by atoms with Gasteiger partial charge < -0.3 is 39.9 Å². The molecule has 1 aromatic carbocycles. The van der Waals surface area contributed by atoms with Crippen LogP contribution in [0.15, 0.2) is 30.3 Å². The number of carbonyl (C=O) groups excluding carboxylic acids is 5. The Morgan fingerprint density at radius 1 is 1.02 bits per heavy atom. The summed E-state index contributed by atoms with van der Waals surface area (Å²) in [7, 11) is 6.11. The Bertz CT molecular complexity index is 1310. The molecule has 8 unspecified atom stereocenters. The number of hydrogen-bond acceptors (Lipinski definition) is 8. The van der Waals surface area contributed by atoms with Gasteiger partial charge in [-0.3, -0.25) is 24.0 Å². The van der Waals surface area contributed by atoms with Crippen molar-refractivity contribution in [3.8, 4) is 0 Å². The normalized spacial score (nSPS) is 18.5. The van der Waals surface area contributed by atoms with E-state index in [4.69, 9.17) is 9.47 Å². The van der Waals surface area contributed by atoms with E-state index >= 15 is 0 Å². The average molecular weight is 718 g/mol. The maximum atomic E-state index is 14.0. The number of rotatable bonds is 21. The molecule has 1 aromatic rings. The number of methoxy groups -OCH3 is 2. The van der Waals surface area contributed by atoms with Crippen LogP contribution in [0.1, 0.15) is 65.9 Å². The van der Waals surface area contributed by atoms with Gasteiger partial charge >= 0.3 is 5.97 Å². The summed E-state index contributed by atoms with van der Waals surface area (Å²) in [6.07, 6.45) is 1.25. The van der Waals surface area contributed by atoms with E-state index in [9.17, 15) is 33.9 Å². The van der Waals surface area contributed by atoms with Gasteiger partial charge in [0, 0.05) is 41.3 Å². The van der Waals surface area contributed by atoms with Gasteiger partial charge in [0.15, 0.2) is 0 Å². The molecule has 51 heavy (non-hydrogen) atoms. The Hall–Kier alpha value is -4.04. The molecule has 1 aliphatic rings. The first-order valence-corrected chi connectivity index (χ1v) is 17.8. The first-order valence-electron chi connectivity index (χ1n) is 17.8. The number of hydrogen-bond donors (Lipinski definition) is 3. The fourth-order valence-electron chi connectivity index (χ4n) is 7.09. The molecule has 5 amide bonds. The van der Waals surface area contributed by atoms with Gasteiger partial charge in [-0.15, -0.1) is 0 Å². The van der Waals surface area contributed by atoms with E-state index in [-0.39, 0.29) is 43.0 Å². The number of nitrogens with one attached hydrogen (secondary N) is 2. The maximum Gasteiger partial charge on any atom is 0.326 e. The van der Waals surface area contributed by atoms with E-state index in [0.29, 0.717) is 32.2 Å². The molecule has 8 atom stereocenters. The van der Waals surface area contributed by atoms with E-state index in [1.807, 2.05) is 33.8 Å². The maximum absolute atomic E-state index is 14.0. The van der Waals surface area contributed by atoms with Crippen molar-refractivity contribution in [2.45, 2.75) is 103 Å². The van der Waals surface area contributed by atoms with Crippen LogP contribution < -0.4 is 10.6 Å². The topological polar surface area (TPSA) is 175 Å². The fraction of sp³-hybridized carbons (Fsp3) is 0.676. The predicted octanol–water partition coefficient (Wildman–Crippen LogP) is 1.95. The second-order valence-electron chi connectivity index (χ2n) is 13.9. The third-order valence-corrected chi connectivity index (χ3v) is 10.1. The van der Waals surface area contributed by atoms with Gasteiger partial charge in [-0.2, -0.15) is 0 Å². The van der Waals surface area contributed by atoms with Gasteiger partial charge in [-0.1, -0.05) is 71.4 Å². The number of carboxylic acids is 1. The molecule has 14 nitrogen and oxygen atoms in total. The number of likely N-dealkylation sites (N-methyl/N-ethyl adjacent to an activating group) is 2.